The van der Waals surface area contributed by atoms with E-state index in [-0.39, 0.29) is 5.16 Å². The Bertz CT molecular complexity index is 492. The molecule has 0 saturated heterocycles. The summed E-state index contributed by atoms with van der Waals surface area (Å²) in [7, 11) is 1.57. The zero-order valence-electron chi connectivity index (χ0n) is 9.76. The molecule has 0 bridgehead atoms. The Morgan fingerprint density at radius 1 is 1.35 bits per heavy atom. The number of rotatable bonds is 4. The van der Waals surface area contributed by atoms with Crippen LogP contribution in [0.3, 0.4) is 0 Å². The van der Waals surface area contributed by atoms with Gasteiger partial charge in [-0.2, -0.15) is 0 Å². The fraction of sp³-hybridized carbons (Fsp3) is 0.800. The van der Waals surface area contributed by atoms with Gasteiger partial charge in [0.2, 0.25) is 0 Å². The fourth-order valence-corrected chi connectivity index (χ4v) is 3.33. The van der Waals surface area contributed by atoms with E-state index in [1.54, 1.807) is 4.57 Å². The van der Waals surface area contributed by atoms with Gasteiger partial charge in [-0.25, -0.2) is 8.42 Å². The summed E-state index contributed by atoms with van der Waals surface area (Å²) in [5.74, 6) is 1.12. The highest BCUT2D eigenvalue weighted by atomic mass is 35.7. The van der Waals surface area contributed by atoms with Gasteiger partial charge in [0, 0.05) is 23.1 Å². The van der Waals surface area contributed by atoms with E-state index in [0.717, 1.165) is 25.1 Å². The molecule has 7 heteroatoms. The van der Waals surface area contributed by atoms with E-state index < -0.39 is 9.05 Å². The topological polar surface area (TPSA) is 64.8 Å². The highest BCUT2D eigenvalue weighted by molar-refractivity contribution is 8.13. The Hall–Kier alpha value is -0.620. The molecule has 0 N–H and O–H groups in total. The van der Waals surface area contributed by atoms with Crippen LogP contribution in [0.2, 0.25) is 0 Å². The lowest BCUT2D eigenvalue weighted by atomic mass is 10.1. The van der Waals surface area contributed by atoms with Crippen LogP contribution in [0.15, 0.2) is 5.16 Å². The molecule has 1 fully saturated rings. The quantitative estimate of drug-likeness (QED) is 0.792. The predicted molar refractivity (Wildman–Crippen MR) is 64.6 cm³/mol. The molecule has 1 aliphatic rings. The second-order valence-corrected chi connectivity index (χ2v) is 6.87. The van der Waals surface area contributed by atoms with Gasteiger partial charge >= 0.3 is 0 Å². The highest BCUT2D eigenvalue weighted by Gasteiger charge is 2.28. The Morgan fingerprint density at radius 3 is 2.53 bits per heavy atom. The van der Waals surface area contributed by atoms with Gasteiger partial charge in [0.1, 0.15) is 5.82 Å². The van der Waals surface area contributed by atoms with E-state index in [2.05, 4.69) is 10.2 Å². The molecule has 96 valence electrons. The molecule has 2 rings (SSSR count). The molecule has 1 saturated carbocycles. The van der Waals surface area contributed by atoms with Gasteiger partial charge in [-0.15, -0.1) is 10.2 Å². The Kier molecular flexibility index (Phi) is 3.73. The van der Waals surface area contributed by atoms with E-state index in [0.29, 0.717) is 12.5 Å². The zero-order chi connectivity index (χ0) is 12.5. The molecule has 1 aromatic rings. The smallest absolute Gasteiger partial charge is 0.296 e. The molecule has 0 radical (unpaired) electrons. The molecule has 0 spiro atoms. The number of hydrogen-bond acceptors (Lipinski definition) is 4. The van der Waals surface area contributed by atoms with E-state index in [4.69, 9.17) is 10.7 Å². The number of aromatic nitrogens is 3. The van der Waals surface area contributed by atoms with Crippen LogP contribution in [-0.4, -0.2) is 23.2 Å². The molecular weight excluding hydrogens is 262 g/mol. The van der Waals surface area contributed by atoms with Crippen molar-refractivity contribution in [3.05, 3.63) is 5.82 Å². The molecule has 0 unspecified atom stereocenters. The number of halogens is 1. The van der Waals surface area contributed by atoms with E-state index in [1.807, 2.05) is 6.92 Å². The summed E-state index contributed by atoms with van der Waals surface area (Å²) in [6.07, 6.45) is 5.30. The third-order valence-electron chi connectivity index (χ3n) is 3.13. The van der Waals surface area contributed by atoms with Crippen LogP contribution in [-0.2, 0) is 15.6 Å². The first kappa shape index (κ1) is 12.8. The van der Waals surface area contributed by atoms with Crippen LogP contribution in [0.5, 0.6) is 0 Å². The number of hydrogen-bond donors (Lipinski definition) is 0. The van der Waals surface area contributed by atoms with Crippen molar-refractivity contribution < 1.29 is 8.42 Å². The van der Waals surface area contributed by atoms with Crippen molar-refractivity contribution in [3.63, 3.8) is 0 Å². The molecule has 1 aliphatic carbocycles. The third kappa shape index (κ3) is 2.63. The monoisotopic (exact) mass is 277 g/mol. The van der Waals surface area contributed by atoms with Crippen LogP contribution in [0.1, 0.15) is 50.8 Å². The Morgan fingerprint density at radius 2 is 2.00 bits per heavy atom. The van der Waals surface area contributed by atoms with Crippen molar-refractivity contribution in [2.24, 2.45) is 0 Å². The molecule has 1 heterocycles. The van der Waals surface area contributed by atoms with Crippen LogP contribution in [0.4, 0.5) is 0 Å². The summed E-state index contributed by atoms with van der Waals surface area (Å²) >= 11 is 0. The van der Waals surface area contributed by atoms with Crippen LogP contribution >= 0.6 is 10.7 Å². The fourth-order valence-electron chi connectivity index (χ4n) is 2.40. The van der Waals surface area contributed by atoms with Crippen LogP contribution in [0, 0.1) is 0 Å². The summed E-state index contributed by atoms with van der Waals surface area (Å²) in [4.78, 5) is 0. The van der Waals surface area contributed by atoms with Crippen molar-refractivity contribution in [2.45, 2.75) is 56.6 Å². The van der Waals surface area contributed by atoms with Crippen molar-refractivity contribution in [2.75, 3.05) is 0 Å². The maximum absolute atomic E-state index is 11.4. The van der Waals surface area contributed by atoms with Crippen LogP contribution < -0.4 is 0 Å². The maximum atomic E-state index is 11.4. The first-order valence-corrected chi connectivity index (χ1v) is 8.22. The highest BCUT2D eigenvalue weighted by Crippen LogP contribution is 2.34. The van der Waals surface area contributed by atoms with Gasteiger partial charge in [-0.3, -0.25) is 0 Å². The number of nitrogens with zero attached hydrogens (tertiary/aromatic N) is 3. The van der Waals surface area contributed by atoms with Crippen LogP contribution in [0.25, 0.3) is 0 Å². The average molecular weight is 278 g/mol. The molecular formula is C10H16ClN3O2S. The van der Waals surface area contributed by atoms with Gasteiger partial charge in [0.05, 0.1) is 0 Å². The summed E-state index contributed by atoms with van der Waals surface area (Å²) in [6, 6.07) is 0. The van der Waals surface area contributed by atoms with Gasteiger partial charge < -0.3 is 4.57 Å². The van der Waals surface area contributed by atoms with Gasteiger partial charge in [-0.1, -0.05) is 19.8 Å². The van der Waals surface area contributed by atoms with Gasteiger partial charge in [0.15, 0.2) is 0 Å². The molecule has 1 aromatic heterocycles. The SMILES string of the molecule is CCCn1c(C2CCCC2)nnc1S(=O)(=O)Cl. The second-order valence-electron chi connectivity index (χ2n) is 4.41. The largest absolute Gasteiger partial charge is 0.301 e. The minimum Gasteiger partial charge on any atom is -0.301 e. The zero-order valence-corrected chi connectivity index (χ0v) is 11.3. The van der Waals surface area contributed by atoms with Gasteiger partial charge in [0.25, 0.3) is 14.2 Å². The normalized spacial score (nSPS) is 17.8. The minimum absolute atomic E-state index is 0.108. The molecule has 5 nitrogen and oxygen atoms in total. The van der Waals surface area contributed by atoms with Crippen molar-refractivity contribution in [3.8, 4) is 0 Å². The summed E-state index contributed by atoms with van der Waals surface area (Å²) in [6.45, 7) is 2.59. The van der Waals surface area contributed by atoms with Crippen molar-refractivity contribution in [1.29, 1.82) is 0 Å². The van der Waals surface area contributed by atoms with Crippen molar-refractivity contribution >= 4 is 19.7 Å². The molecule has 0 amide bonds. The predicted octanol–water partition coefficient (Wildman–Crippen LogP) is 2.27. The Balaban J connectivity index is 2.42. The van der Waals surface area contributed by atoms with E-state index >= 15 is 0 Å². The maximum Gasteiger partial charge on any atom is 0.296 e. The third-order valence-corrected chi connectivity index (χ3v) is 4.28. The summed E-state index contributed by atoms with van der Waals surface area (Å²) < 4.78 is 24.5. The lowest BCUT2D eigenvalue weighted by molar-refractivity contribution is 0.531. The van der Waals surface area contributed by atoms with E-state index in [9.17, 15) is 8.42 Å². The lowest BCUT2D eigenvalue weighted by Gasteiger charge is -2.11. The van der Waals surface area contributed by atoms with Crippen molar-refractivity contribution in [1.82, 2.24) is 14.8 Å². The Labute approximate surface area is 106 Å². The molecule has 17 heavy (non-hydrogen) atoms. The molecule has 0 aliphatic heterocycles. The average Bonchev–Trinajstić information content (AvgIpc) is 2.82. The standard InChI is InChI=1S/C10H16ClN3O2S/c1-2-7-14-9(8-5-3-4-6-8)12-13-10(14)17(11,15)16/h8H,2-7H2,1H3. The lowest BCUT2D eigenvalue weighted by Crippen LogP contribution is -2.11. The summed E-state index contributed by atoms with van der Waals surface area (Å²) in [5, 5.41) is 7.67. The molecule has 0 atom stereocenters. The minimum atomic E-state index is -3.80. The first-order chi connectivity index (χ1) is 8.04. The summed E-state index contributed by atoms with van der Waals surface area (Å²) in [5.41, 5.74) is 0. The second kappa shape index (κ2) is 4.94. The van der Waals surface area contributed by atoms with E-state index in [1.165, 1.54) is 12.8 Å². The molecule has 0 aromatic carbocycles. The van der Waals surface area contributed by atoms with Gasteiger partial charge in [-0.05, 0) is 19.3 Å². The first-order valence-electron chi connectivity index (χ1n) is 5.91.